The molecule has 128 valence electrons. The van der Waals surface area contributed by atoms with Crippen LogP contribution in [0.15, 0.2) is 41.7 Å². The van der Waals surface area contributed by atoms with Gasteiger partial charge in [-0.15, -0.1) is 0 Å². The number of thioether (sulfide) groups is 1. The number of benzene rings is 1. The Balaban J connectivity index is 1.98. The minimum Gasteiger partial charge on any atom is -0.435 e. The Labute approximate surface area is 137 Å². The number of Topliss-reactive ketones (excluding diaryl/α,β-unsaturated/α-hetero) is 1. The number of hydrogen-bond acceptors (Lipinski definition) is 5. The molecule has 0 spiro atoms. The zero-order valence-electron chi connectivity index (χ0n) is 11.8. The molecule has 0 N–H and O–H groups in total. The SMILES string of the molecule is O=C(CSc1nccc(C(F)(F)F)n1)c1ccc(OC(F)F)cc1. The Bertz CT molecular complexity index is 707. The molecule has 0 unspecified atom stereocenters. The maximum Gasteiger partial charge on any atom is 0.433 e. The molecule has 0 fully saturated rings. The summed E-state index contributed by atoms with van der Waals surface area (Å²) in [5.74, 6) is -0.712. The summed E-state index contributed by atoms with van der Waals surface area (Å²) in [5, 5.41) is -0.184. The molecule has 0 atom stereocenters. The fraction of sp³-hybridized carbons (Fsp3) is 0.214. The lowest BCUT2D eigenvalue weighted by Crippen LogP contribution is -2.09. The van der Waals surface area contributed by atoms with E-state index < -0.39 is 24.3 Å². The van der Waals surface area contributed by atoms with Gasteiger partial charge in [-0.2, -0.15) is 22.0 Å². The molecule has 0 bridgehead atoms. The van der Waals surface area contributed by atoms with Gasteiger partial charge in [0, 0.05) is 11.8 Å². The second-order valence-corrected chi connectivity index (χ2v) is 5.28. The lowest BCUT2D eigenvalue weighted by Gasteiger charge is -2.07. The molecule has 1 aromatic heterocycles. The number of aromatic nitrogens is 2. The van der Waals surface area contributed by atoms with Crippen LogP contribution in [-0.2, 0) is 6.18 Å². The van der Waals surface area contributed by atoms with Gasteiger partial charge in [0.05, 0.1) is 5.75 Å². The second-order valence-electron chi connectivity index (χ2n) is 4.34. The van der Waals surface area contributed by atoms with Crippen LogP contribution in [0.25, 0.3) is 0 Å². The van der Waals surface area contributed by atoms with E-state index in [1.165, 1.54) is 24.3 Å². The van der Waals surface area contributed by atoms with Crippen LogP contribution >= 0.6 is 11.8 Å². The number of hydrogen-bond donors (Lipinski definition) is 0. The first kappa shape index (κ1) is 18.1. The maximum absolute atomic E-state index is 12.5. The highest BCUT2D eigenvalue weighted by atomic mass is 32.2. The Morgan fingerprint density at radius 3 is 2.42 bits per heavy atom. The molecule has 10 heteroatoms. The van der Waals surface area contributed by atoms with Crippen molar-refractivity contribution in [2.24, 2.45) is 0 Å². The van der Waals surface area contributed by atoms with Gasteiger partial charge in [-0.05, 0) is 30.3 Å². The Hall–Kier alpha value is -2.23. The molecule has 0 aliphatic rings. The number of rotatable bonds is 6. The van der Waals surface area contributed by atoms with E-state index in [1.54, 1.807) is 0 Å². The Morgan fingerprint density at radius 1 is 1.17 bits per heavy atom. The predicted molar refractivity (Wildman–Crippen MR) is 75.2 cm³/mol. The molecule has 0 saturated carbocycles. The van der Waals surface area contributed by atoms with Crippen LogP contribution in [0.1, 0.15) is 16.1 Å². The molecule has 0 aliphatic heterocycles. The molecular formula is C14H9F5N2O2S. The molecule has 2 rings (SSSR count). The summed E-state index contributed by atoms with van der Waals surface area (Å²) in [6, 6.07) is 5.70. The minimum absolute atomic E-state index is 0.101. The van der Waals surface area contributed by atoms with Gasteiger partial charge in [0.2, 0.25) is 0 Å². The summed E-state index contributed by atoms with van der Waals surface area (Å²) >= 11 is 0.745. The third kappa shape index (κ3) is 5.15. The lowest BCUT2D eigenvalue weighted by molar-refractivity contribution is -0.141. The number of carbonyl (C=O) groups excluding carboxylic acids is 1. The summed E-state index contributed by atoms with van der Waals surface area (Å²) in [7, 11) is 0. The van der Waals surface area contributed by atoms with Crippen molar-refractivity contribution in [2.75, 3.05) is 5.75 Å². The van der Waals surface area contributed by atoms with Crippen LogP contribution in [0, 0.1) is 0 Å². The van der Waals surface area contributed by atoms with Crippen molar-refractivity contribution >= 4 is 17.5 Å². The van der Waals surface area contributed by atoms with Crippen molar-refractivity contribution < 1.29 is 31.5 Å². The van der Waals surface area contributed by atoms with Crippen LogP contribution in [0.5, 0.6) is 5.75 Å². The van der Waals surface area contributed by atoms with E-state index in [0.29, 0.717) is 0 Å². The molecule has 0 radical (unpaired) electrons. The van der Waals surface area contributed by atoms with Gasteiger partial charge < -0.3 is 4.74 Å². The maximum atomic E-state index is 12.5. The van der Waals surface area contributed by atoms with E-state index in [-0.39, 0.29) is 22.2 Å². The van der Waals surface area contributed by atoms with Gasteiger partial charge in [0.25, 0.3) is 0 Å². The first-order valence-corrected chi connectivity index (χ1v) is 7.35. The first-order valence-electron chi connectivity index (χ1n) is 6.37. The molecule has 4 nitrogen and oxygen atoms in total. The highest BCUT2D eigenvalue weighted by Crippen LogP contribution is 2.28. The third-order valence-corrected chi connectivity index (χ3v) is 3.52. The fourth-order valence-corrected chi connectivity index (χ4v) is 2.33. The highest BCUT2D eigenvalue weighted by Gasteiger charge is 2.32. The number of alkyl halides is 5. The third-order valence-electron chi connectivity index (χ3n) is 2.66. The van der Waals surface area contributed by atoms with Crippen LogP contribution in [0.3, 0.4) is 0 Å². The normalized spacial score (nSPS) is 11.6. The smallest absolute Gasteiger partial charge is 0.433 e. The number of ketones is 1. The fourth-order valence-electron chi connectivity index (χ4n) is 1.60. The molecule has 1 aromatic carbocycles. The summed E-state index contributed by atoms with van der Waals surface area (Å²) < 4.78 is 65.8. The summed E-state index contributed by atoms with van der Waals surface area (Å²) in [6.07, 6.45) is -3.64. The van der Waals surface area contributed by atoms with Crippen LogP contribution < -0.4 is 4.74 Å². The minimum atomic E-state index is -4.59. The van der Waals surface area contributed by atoms with Gasteiger partial charge in [-0.25, -0.2) is 9.97 Å². The molecule has 0 aliphatic carbocycles. The van der Waals surface area contributed by atoms with Crippen molar-refractivity contribution in [3.63, 3.8) is 0 Å². The number of nitrogens with zero attached hydrogens (tertiary/aromatic N) is 2. The van der Waals surface area contributed by atoms with Crippen molar-refractivity contribution in [1.82, 2.24) is 9.97 Å². The van der Waals surface area contributed by atoms with Gasteiger partial charge >= 0.3 is 12.8 Å². The second kappa shape index (κ2) is 7.56. The average Bonchev–Trinajstić information content (AvgIpc) is 2.52. The van der Waals surface area contributed by atoms with E-state index in [0.717, 1.165) is 24.0 Å². The van der Waals surface area contributed by atoms with Crippen molar-refractivity contribution in [1.29, 1.82) is 0 Å². The molecule has 24 heavy (non-hydrogen) atoms. The van der Waals surface area contributed by atoms with Crippen LogP contribution in [-0.4, -0.2) is 28.1 Å². The van der Waals surface area contributed by atoms with Gasteiger partial charge in [-0.1, -0.05) is 11.8 Å². The monoisotopic (exact) mass is 364 g/mol. The molecule has 0 saturated heterocycles. The van der Waals surface area contributed by atoms with E-state index in [2.05, 4.69) is 14.7 Å². The van der Waals surface area contributed by atoms with Gasteiger partial charge in [0.1, 0.15) is 11.4 Å². The van der Waals surface area contributed by atoms with E-state index >= 15 is 0 Å². The van der Waals surface area contributed by atoms with Gasteiger partial charge in [0.15, 0.2) is 10.9 Å². The zero-order valence-corrected chi connectivity index (χ0v) is 12.6. The molecular weight excluding hydrogens is 355 g/mol. The lowest BCUT2D eigenvalue weighted by atomic mass is 10.1. The zero-order chi connectivity index (χ0) is 17.7. The molecule has 2 aromatic rings. The van der Waals surface area contributed by atoms with Crippen LogP contribution in [0.2, 0.25) is 0 Å². The molecule has 1 heterocycles. The summed E-state index contributed by atoms with van der Waals surface area (Å²) in [6.45, 7) is -2.97. The highest BCUT2D eigenvalue weighted by molar-refractivity contribution is 7.99. The molecule has 0 amide bonds. The van der Waals surface area contributed by atoms with Gasteiger partial charge in [-0.3, -0.25) is 4.79 Å². The number of carbonyl (C=O) groups is 1. The summed E-state index contributed by atoms with van der Waals surface area (Å²) in [5.41, 5.74) is -0.892. The Morgan fingerprint density at radius 2 is 1.83 bits per heavy atom. The van der Waals surface area contributed by atoms with Crippen LogP contribution in [0.4, 0.5) is 22.0 Å². The van der Waals surface area contributed by atoms with Crippen molar-refractivity contribution in [3.8, 4) is 5.75 Å². The number of ether oxygens (including phenoxy) is 1. The standard InChI is InChI=1S/C14H9F5N2O2S/c15-12(16)23-9-3-1-8(2-4-9)10(22)7-24-13-20-6-5-11(21-13)14(17,18)19/h1-6,12H,7H2. The van der Waals surface area contributed by atoms with E-state index in [4.69, 9.17) is 0 Å². The predicted octanol–water partition coefficient (Wildman–Crippen LogP) is 4.07. The quantitative estimate of drug-likeness (QED) is 0.335. The average molecular weight is 364 g/mol. The Kier molecular flexibility index (Phi) is 5.71. The van der Waals surface area contributed by atoms with E-state index in [1.807, 2.05) is 0 Å². The largest absolute Gasteiger partial charge is 0.435 e. The van der Waals surface area contributed by atoms with E-state index in [9.17, 15) is 26.7 Å². The van der Waals surface area contributed by atoms with Crippen molar-refractivity contribution in [2.45, 2.75) is 17.9 Å². The topological polar surface area (TPSA) is 52.1 Å². The van der Waals surface area contributed by atoms with Crippen molar-refractivity contribution in [3.05, 3.63) is 47.8 Å². The summed E-state index contributed by atoms with van der Waals surface area (Å²) in [4.78, 5) is 18.9. The first-order chi connectivity index (χ1) is 11.3. The number of halogens is 5.